The van der Waals surface area contributed by atoms with Crippen molar-refractivity contribution in [3.05, 3.63) is 41.3 Å². The Kier molecular flexibility index (Phi) is 4.05. The van der Waals surface area contributed by atoms with Gasteiger partial charge in [-0.15, -0.1) is 11.3 Å². The first-order valence-electron chi connectivity index (χ1n) is 5.94. The van der Waals surface area contributed by atoms with E-state index in [0.29, 0.717) is 16.1 Å². The van der Waals surface area contributed by atoms with Crippen LogP contribution in [-0.2, 0) is 4.79 Å². The minimum Gasteiger partial charge on any atom is -0.548 e. The van der Waals surface area contributed by atoms with E-state index in [2.05, 4.69) is 5.32 Å². The molecule has 0 radical (unpaired) electrons. The summed E-state index contributed by atoms with van der Waals surface area (Å²) < 4.78 is 0. The number of carboxylic acids is 1. The Morgan fingerprint density at radius 2 is 1.95 bits per heavy atom. The first-order valence-corrected chi connectivity index (χ1v) is 6.82. The maximum atomic E-state index is 12.2. The molecule has 2 aromatic rings. The van der Waals surface area contributed by atoms with E-state index in [1.807, 2.05) is 30.3 Å². The van der Waals surface area contributed by atoms with Gasteiger partial charge in [0.25, 0.3) is 5.91 Å². The van der Waals surface area contributed by atoms with Crippen molar-refractivity contribution >= 4 is 28.2 Å². The van der Waals surface area contributed by atoms with Crippen molar-refractivity contribution in [2.45, 2.75) is 13.0 Å². The fourth-order valence-electron chi connectivity index (χ4n) is 1.77. The van der Waals surface area contributed by atoms with Crippen LogP contribution in [0.3, 0.4) is 0 Å². The van der Waals surface area contributed by atoms with E-state index < -0.39 is 17.9 Å². The molecule has 5 nitrogen and oxygen atoms in total. The van der Waals surface area contributed by atoms with E-state index in [-0.39, 0.29) is 0 Å². The van der Waals surface area contributed by atoms with Crippen LogP contribution in [0.4, 0.5) is 5.00 Å². The summed E-state index contributed by atoms with van der Waals surface area (Å²) in [4.78, 5) is 22.8. The Morgan fingerprint density at radius 1 is 1.30 bits per heavy atom. The summed E-state index contributed by atoms with van der Waals surface area (Å²) in [6.07, 6.45) is 0. The molecule has 0 spiro atoms. The summed E-state index contributed by atoms with van der Waals surface area (Å²) in [6.45, 7) is 1.35. The molecular formula is C14H13N2O3S-. The van der Waals surface area contributed by atoms with Gasteiger partial charge in [-0.25, -0.2) is 0 Å². The molecule has 1 atom stereocenters. The molecule has 104 valence electrons. The quantitative estimate of drug-likeness (QED) is 0.873. The topological polar surface area (TPSA) is 95.2 Å². The Hall–Kier alpha value is -2.34. The number of hydrogen-bond acceptors (Lipinski definition) is 5. The van der Waals surface area contributed by atoms with Crippen molar-refractivity contribution in [1.82, 2.24) is 5.32 Å². The Morgan fingerprint density at radius 3 is 2.55 bits per heavy atom. The minimum atomic E-state index is -1.34. The van der Waals surface area contributed by atoms with Gasteiger partial charge in [0.1, 0.15) is 0 Å². The van der Waals surface area contributed by atoms with Gasteiger partial charge in [0, 0.05) is 10.9 Å². The number of benzene rings is 1. The van der Waals surface area contributed by atoms with Crippen LogP contribution < -0.4 is 16.2 Å². The molecule has 0 saturated carbocycles. The highest BCUT2D eigenvalue weighted by atomic mass is 32.1. The van der Waals surface area contributed by atoms with E-state index in [1.54, 1.807) is 5.38 Å². The van der Waals surface area contributed by atoms with Gasteiger partial charge in [-0.3, -0.25) is 4.79 Å². The van der Waals surface area contributed by atoms with Crippen molar-refractivity contribution in [2.24, 2.45) is 0 Å². The molecule has 0 aliphatic carbocycles. The van der Waals surface area contributed by atoms with Crippen LogP contribution in [0.5, 0.6) is 0 Å². The van der Waals surface area contributed by atoms with Gasteiger partial charge < -0.3 is 21.0 Å². The summed E-state index contributed by atoms with van der Waals surface area (Å²) in [7, 11) is 0. The highest BCUT2D eigenvalue weighted by Gasteiger charge is 2.20. The molecule has 0 bridgehead atoms. The zero-order valence-electron chi connectivity index (χ0n) is 10.8. The highest BCUT2D eigenvalue weighted by Crippen LogP contribution is 2.33. The van der Waals surface area contributed by atoms with Crippen LogP contribution >= 0.6 is 11.3 Å². The summed E-state index contributed by atoms with van der Waals surface area (Å²) in [5.41, 5.74) is 7.67. The number of nitrogens with two attached hydrogens (primary N) is 1. The molecule has 20 heavy (non-hydrogen) atoms. The highest BCUT2D eigenvalue weighted by molar-refractivity contribution is 7.15. The Labute approximate surface area is 120 Å². The number of carbonyl (C=O) groups excluding carboxylic acids is 2. The van der Waals surface area contributed by atoms with Crippen molar-refractivity contribution in [3.8, 4) is 11.1 Å². The monoisotopic (exact) mass is 289 g/mol. The molecule has 1 aromatic heterocycles. The third-order valence-electron chi connectivity index (χ3n) is 2.83. The number of carbonyl (C=O) groups is 2. The van der Waals surface area contributed by atoms with Gasteiger partial charge in [-0.1, -0.05) is 30.3 Å². The number of amides is 1. The molecule has 1 unspecified atom stereocenters. The standard InChI is InChI=1S/C14H14N2O3S/c1-8(14(18)19)16-13(17)11-10(7-20-12(11)15)9-5-3-2-4-6-9/h2-8H,15H2,1H3,(H,16,17)(H,18,19)/p-1. The maximum absolute atomic E-state index is 12.2. The van der Waals surface area contributed by atoms with Crippen LogP contribution in [0, 0.1) is 0 Å². The van der Waals surface area contributed by atoms with Crippen LogP contribution in [0.2, 0.25) is 0 Å². The first-order chi connectivity index (χ1) is 9.50. The lowest BCUT2D eigenvalue weighted by atomic mass is 10.0. The van der Waals surface area contributed by atoms with Crippen molar-refractivity contribution < 1.29 is 14.7 Å². The lowest BCUT2D eigenvalue weighted by molar-refractivity contribution is -0.307. The van der Waals surface area contributed by atoms with Gasteiger partial charge in [0.2, 0.25) is 0 Å². The largest absolute Gasteiger partial charge is 0.548 e. The summed E-state index contributed by atoms with van der Waals surface area (Å²) in [5, 5.41) is 15.2. The van der Waals surface area contributed by atoms with Crippen LogP contribution in [0.25, 0.3) is 11.1 Å². The SMILES string of the molecule is CC(NC(=O)c1c(-c2ccccc2)csc1N)C(=O)[O-]. The smallest absolute Gasteiger partial charge is 0.255 e. The van der Waals surface area contributed by atoms with Gasteiger partial charge in [0.15, 0.2) is 0 Å². The molecule has 1 aromatic carbocycles. The number of aliphatic carboxylic acids is 1. The van der Waals surface area contributed by atoms with E-state index in [0.717, 1.165) is 5.56 Å². The second-order valence-corrected chi connectivity index (χ2v) is 5.18. The number of hydrogen-bond donors (Lipinski definition) is 2. The predicted molar refractivity (Wildman–Crippen MR) is 76.1 cm³/mol. The molecule has 1 heterocycles. The molecule has 2 rings (SSSR count). The minimum absolute atomic E-state index is 0.300. The fraction of sp³-hybridized carbons (Fsp3) is 0.143. The van der Waals surface area contributed by atoms with Crippen LogP contribution in [-0.4, -0.2) is 17.9 Å². The number of nitrogens with one attached hydrogen (secondary N) is 1. The van der Waals surface area contributed by atoms with Crippen molar-refractivity contribution in [1.29, 1.82) is 0 Å². The number of thiophene rings is 1. The van der Waals surface area contributed by atoms with E-state index in [9.17, 15) is 14.7 Å². The average Bonchev–Trinajstić information content (AvgIpc) is 2.81. The molecule has 3 N–H and O–H groups in total. The third-order valence-corrected chi connectivity index (χ3v) is 3.64. The molecule has 0 fully saturated rings. The van der Waals surface area contributed by atoms with Crippen LogP contribution in [0.1, 0.15) is 17.3 Å². The number of carboxylic acid groups (broad SMARTS) is 1. The Balaban J connectivity index is 2.35. The normalized spacial score (nSPS) is 11.8. The molecule has 6 heteroatoms. The number of anilines is 1. The van der Waals surface area contributed by atoms with E-state index in [4.69, 9.17) is 5.73 Å². The van der Waals surface area contributed by atoms with Crippen molar-refractivity contribution in [3.63, 3.8) is 0 Å². The number of rotatable bonds is 4. The lowest BCUT2D eigenvalue weighted by Crippen LogP contribution is -2.46. The molecule has 0 saturated heterocycles. The molecule has 0 aliphatic heterocycles. The van der Waals surface area contributed by atoms with Crippen molar-refractivity contribution in [2.75, 3.05) is 5.73 Å². The van der Waals surface area contributed by atoms with Crippen LogP contribution in [0.15, 0.2) is 35.7 Å². The maximum Gasteiger partial charge on any atom is 0.255 e. The van der Waals surface area contributed by atoms with Gasteiger partial charge in [-0.05, 0) is 12.5 Å². The number of nitrogen functional groups attached to an aromatic ring is 1. The molecule has 0 aliphatic rings. The zero-order valence-corrected chi connectivity index (χ0v) is 11.6. The fourth-order valence-corrected chi connectivity index (χ4v) is 2.58. The summed E-state index contributed by atoms with van der Waals surface area (Å²) in [5.74, 6) is -1.85. The zero-order chi connectivity index (χ0) is 14.7. The lowest BCUT2D eigenvalue weighted by Gasteiger charge is -2.15. The van der Waals surface area contributed by atoms with Gasteiger partial charge in [0.05, 0.1) is 22.6 Å². The molecular weight excluding hydrogens is 276 g/mol. The second-order valence-electron chi connectivity index (χ2n) is 4.27. The predicted octanol–water partition coefficient (Wildman–Crippen LogP) is 0.866. The first kappa shape index (κ1) is 14.1. The van der Waals surface area contributed by atoms with E-state index in [1.165, 1.54) is 18.3 Å². The summed E-state index contributed by atoms with van der Waals surface area (Å²) >= 11 is 1.24. The average molecular weight is 289 g/mol. The van der Waals surface area contributed by atoms with E-state index >= 15 is 0 Å². The third kappa shape index (κ3) is 2.80. The Bertz CT molecular complexity index is 637. The van der Waals surface area contributed by atoms with Gasteiger partial charge in [-0.2, -0.15) is 0 Å². The second kappa shape index (κ2) is 5.75. The van der Waals surface area contributed by atoms with Gasteiger partial charge >= 0.3 is 0 Å². The molecule has 1 amide bonds. The summed E-state index contributed by atoms with van der Waals surface area (Å²) in [6, 6.07) is 8.23.